The van der Waals surface area contributed by atoms with E-state index in [0.717, 1.165) is 29.8 Å². The normalized spacial score (nSPS) is 10.6. The van der Waals surface area contributed by atoms with Crippen molar-refractivity contribution in [1.82, 2.24) is 20.4 Å². The maximum absolute atomic E-state index is 11.9. The van der Waals surface area contributed by atoms with E-state index in [1.54, 1.807) is 6.07 Å². The number of carbonyl (C=O) groups excluding carboxylic acids is 2. The first-order chi connectivity index (χ1) is 13.5. The molecule has 0 spiro atoms. The van der Waals surface area contributed by atoms with Crippen molar-refractivity contribution in [2.24, 2.45) is 0 Å². The monoisotopic (exact) mass is 444 g/mol. The second-order valence-corrected chi connectivity index (χ2v) is 7.04. The lowest BCUT2D eigenvalue weighted by molar-refractivity contribution is -0.120. The number of para-hydroxylation sites is 1. The van der Waals surface area contributed by atoms with Gasteiger partial charge in [0, 0.05) is 12.7 Å². The van der Waals surface area contributed by atoms with Crippen molar-refractivity contribution in [3.63, 3.8) is 0 Å². The molecule has 0 atom stereocenters. The second-order valence-electron chi connectivity index (χ2n) is 6.26. The van der Waals surface area contributed by atoms with Crippen LogP contribution < -0.4 is 10.6 Å². The molecule has 0 fully saturated rings. The van der Waals surface area contributed by atoms with Crippen molar-refractivity contribution >= 4 is 27.7 Å². The average molecular weight is 445 g/mol. The molecule has 3 aromatic rings. The molecule has 7 nitrogen and oxygen atoms in total. The highest BCUT2D eigenvalue weighted by molar-refractivity contribution is 9.10. The van der Waals surface area contributed by atoms with Crippen molar-refractivity contribution in [1.29, 1.82) is 0 Å². The van der Waals surface area contributed by atoms with E-state index in [1.807, 2.05) is 48.1 Å². The molecule has 2 heterocycles. The predicted octanol–water partition coefficient (Wildman–Crippen LogP) is 3.02. The number of aromatic nitrogens is 2. The number of furan rings is 1. The molecule has 0 saturated heterocycles. The maximum atomic E-state index is 11.9. The summed E-state index contributed by atoms with van der Waals surface area (Å²) in [5.74, 6) is -0.508. The number of halogens is 1. The zero-order chi connectivity index (χ0) is 19.9. The summed E-state index contributed by atoms with van der Waals surface area (Å²) in [6.07, 6.45) is 3.62. The van der Waals surface area contributed by atoms with Gasteiger partial charge in [0.2, 0.25) is 5.91 Å². The van der Waals surface area contributed by atoms with Gasteiger partial charge in [-0.3, -0.25) is 9.59 Å². The zero-order valence-corrected chi connectivity index (χ0v) is 17.0. The lowest BCUT2D eigenvalue weighted by Gasteiger charge is -2.06. The zero-order valence-electron chi connectivity index (χ0n) is 15.4. The fourth-order valence-corrected chi connectivity index (χ4v) is 3.01. The van der Waals surface area contributed by atoms with Gasteiger partial charge >= 0.3 is 0 Å². The van der Waals surface area contributed by atoms with Crippen molar-refractivity contribution in [3.8, 4) is 5.69 Å². The molecule has 0 aliphatic heterocycles. The number of carbonyl (C=O) groups is 2. The summed E-state index contributed by atoms with van der Waals surface area (Å²) in [6.45, 7) is 2.41. The number of nitrogens with zero attached hydrogens (tertiary/aromatic N) is 2. The Morgan fingerprint density at radius 1 is 1.14 bits per heavy atom. The van der Waals surface area contributed by atoms with E-state index >= 15 is 0 Å². The standard InChI is InChI=1S/C20H21BrN4O3/c1-14-15(13-25(24-14)16-7-3-2-4-8-16)6-5-11-22-19(26)12-23-20(27)17-9-10-18(21)28-17/h2-4,7-10,13H,5-6,11-12H2,1H3,(H,22,26)(H,23,27). The molecule has 0 unspecified atom stereocenters. The quantitative estimate of drug-likeness (QED) is 0.522. The molecule has 1 aromatic carbocycles. The number of amides is 2. The SMILES string of the molecule is Cc1nn(-c2ccccc2)cc1CCCNC(=O)CNC(=O)c1ccc(Br)o1. The van der Waals surface area contributed by atoms with Gasteiger partial charge in [-0.15, -0.1) is 0 Å². The van der Waals surface area contributed by atoms with Gasteiger partial charge in [0.25, 0.3) is 5.91 Å². The first kappa shape index (κ1) is 19.9. The maximum Gasteiger partial charge on any atom is 0.287 e. The minimum absolute atomic E-state index is 0.0951. The van der Waals surface area contributed by atoms with Gasteiger partial charge in [0.1, 0.15) is 0 Å². The number of hydrogen-bond donors (Lipinski definition) is 2. The lowest BCUT2D eigenvalue weighted by Crippen LogP contribution is -2.37. The van der Waals surface area contributed by atoms with E-state index in [4.69, 9.17) is 4.42 Å². The Morgan fingerprint density at radius 2 is 1.93 bits per heavy atom. The van der Waals surface area contributed by atoms with Crippen molar-refractivity contribution in [2.75, 3.05) is 13.1 Å². The van der Waals surface area contributed by atoms with Gasteiger partial charge in [-0.1, -0.05) is 18.2 Å². The van der Waals surface area contributed by atoms with Crippen LogP contribution in [0.25, 0.3) is 5.69 Å². The largest absolute Gasteiger partial charge is 0.444 e. The van der Waals surface area contributed by atoms with Crippen LogP contribution in [0.3, 0.4) is 0 Å². The summed E-state index contributed by atoms with van der Waals surface area (Å²) >= 11 is 3.13. The van der Waals surface area contributed by atoms with E-state index in [-0.39, 0.29) is 18.2 Å². The van der Waals surface area contributed by atoms with Gasteiger partial charge < -0.3 is 15.1 Å². The third kappa shape index (κ3) is 5.32. The van der Waals surface area contributed by atoms with Crippen LogP contribution in [0.15, 0.2) is 57.7 Å². The predicted molar refractivity (Wildman–Crippen MR) is 108 cm³/mol. The van der Waals surface area contributed by atoms with E-state index < -0.39 is 5.91 Å². The van der Waals surface area contributed by atoms with Crippen LogP contribution in [0.2, 0.25) is 0 Å². The highest BCUT2D eigenvalue weighted by Crippen LogP contribution is 2.14. The summed E-state index contributed by atoms with van der Waals surface area (Å²) in [5.41, 5.74) is 3.14. The molecular formula is C20H21BrN4O3. The first-order valence-corrected chi connectivity index (χ1v) is 9.73. The molecule has 8 heteroatoms. The first-order valence-electron chi connectivity index (χ1n) is 8.94. The van der Waals surface area contributed by atoms with Gasteiger partial charge in [-0.05, 0) is 65.5 Å². The van der Waals surface area contributed by atoms with E-state index in [9.17, 15) is 9.59 Å². The van der Waals surface area contributed by atoms with Crippen molar-refractivity contribution in [2.45, 2.75) is 19.8 Å². The summed E-state index contributed by atoms with van der Waals surface area (Å²) in [6, 6.07) is 13.1. The fourth-order valence-electron chi connectivity index (χ4n) is 2.71. The third-order valence-corrected chi connectivity index (χ3v) is 4.60. The van der Waals surface area contributed by atoms with Crippen molar-refractivity contribution < 1.29 is 14.0 Å². The summed E-state index contributed by atoms with van der Waals surface area (Å²) < 4.78 is 7.47. The molecule has 3 rings (SSSR count). The smallest absolute Gasteiger partial charge is 0.287 e. The Labute approximate surface area is 171 Å². The van der Waals surface area contributed by atoms with Gasteiger partial charge in [-0.2, -0.15) is 5.10 Å². The number of benzene rings is 1. The molecule has 2 aromatic heterocycles. The Kier molecular flexibility index (Phi) is 6.65. The minimum Gasteiger partial charge on any atom is -0.444 e. The Bertz CT molecular complexity index is 950. The van der Waals surface area contributed by atoms with E-state index in [2.05, 4.69) is 31.7 Å². The molecule has 0 aliphatic carbocycles. The summed E-state index contributed by atoms with van der Waals surface area (Å²) in [4.78, 5) is 23.7. The highest BCUT2D eigenvalue weighted by Gasteiger charge is 2.12. The summed E-state index contributed by atoms with van der Waals surface area (Å²) in [7, 11) is 0. The van der Waals surface area contributed by atoms with Crippen LogP contribution in [-0.2, 0) is 11.2 Å². The van der Waals surface area contributed by atoms with Gasteiger partial charge in [0.05, 0.1) is 17.9 Å². The third-order valence-electron chi connectivity index (χ3n) is 4.17. The Balaban J connectivity index is 1.39. The molecule has 28 heavy (non-hydrogen) atoms. The number of aryl methyl sites for hydroxylation is 2. The lowest BCUT2D eigenvalue weighted by atomic mass is 10.1. The van der Waals surface area contributed by atoms with Crippen LogP contribution in [0.1, 0.15) is 28.2 Å². The average Bonchev–Trinajstić information content (AvgIpc) is 3.30. The van der Waals surface area contributed by atoms with Crippen LogP contribution >= 0.6 is 15.9 Å². The number of nitrogens with one attached hydrogen (secondary N) is 2. The highest BCUT2D eigenvalue weighted by atomic mass is 79.9. The molecule has 0 saturated carbocycles. The van der Waals surface area contributed by atoms with E-state index in [1.165, 1.54) is 6.07 Å². The fraction of sp³-hybridized carbons (Fsp3) is 0.250. The second kappa shape index (κ2) is 9.36. The molecule has 0 radical (unpaired) electrons. The molecule has 2 N–H and O–H groups in total. The van der Waals surface area contributed by atoms with Crippen molar-refractivity contribution in [3.05, 3.63) is 70.3 Å². The molecule has 0 aliphatic rings. The van der Waals surface area contributed by atoms with E-state index in [0.29, 0.717) is 11.2 Å². The van der Waals surface area contributed by atoms with Crippen LogP contribution in [0.4, 0.5) is 0 Å². The topological polar surface area (TPSA) is 89.2 Å². The summed E-state index contributed by atoms with van der Waals surface area (Å²) in [5, 5.41) is 9.87. The molecule has 0 bridgehead atoms. The van der Waals surface area contributed by atoms with Crippen LogP contribution in [-0.4, -0.2) is 34.7 Å². The Morgan fingerprint density at radius 3 is 2.64 bits per heavy atom. The Hall–Kier alpha value is -2.87. The molecule has 2 amide bonds. The van der Waals surface area contributed by atoms with Gasteiger partial charge in [0.15, 0.2) is 10.4 Å². The number of hydrogen-bond acceptors (Lipinski definition) is 4. The molecule has 146 valence electrons. The number of rotatable bonds is 8. The minimum atomic E-state index is -0.426. The molecular weight excluding hydrogens is 424 g/mol. The van der Waals surface area contributed by atoms with Crippen LogP contribution in [0, 0.1) is 6.92 Å². The van der Waals surface area contributed by atoms with Gasteiger partial charge in [-0.25, -0.2) is 4.68 Å². The van der Waals surface area contributed by atoms with Crippen LogP contribution in [0.5, 0.6) is 0 Å².